The third-order valence-electron chi connectivity index (χ3n) is 12.4. The average molecular weight is 1310 g/mol. The Kier molecular flexibility index (Phi) is 24.9. The van der Waals surface area contributed by atoms with Gasteiger partial charge in [-0.2, -0.15) is 0 Å². The minimum absolute atomic E-state index is 0.0413. The molecular weight excluding hydrogens is 1230 g/mol. The van der Waals surface area contributed by atoms with Gasteiger partial charge in [-0.25, -0.2) is 19.2 Å². The number of amides is 8. The highest BCUT2D eigenvalue weighted by atomic mass is 28.4. The molecule has 0 atom stereocenters. The van der Waals surface area contributed by atoms with Crippen molar-refractivity contribution in [2.24, 2.45) is 0 Å². The molecule has 4 aliphatic rings. The van der Waals surface area contributed by atoms with Gasteiger partial charge in [-0.3, -0.25) is 57.1 Å². The fourth-order valence-corrected chi connectivity index (χ4v) is 11.9. The molecule has 0 aromatic carbocycles. The Balaban J connectivity index is 0.000000214. The van der Waals surface area contributed by atoms with Crippen LogP contribution in [0.5, 0.6) is 0 Å². The highest BCUT2D eigenvalue weighted by Gasteiger charge is 2.37. The first-order chi connectivity index (χ1) is 41.0. The molecular formula is C48H72N16O20Si4. The summed E-state index contributed by atoms with van der Waals surface area (Å²) in [6.45, 7) is 16.8. The molecule has 8 heterocycles. The largest absolute Gasteiger partial charge is 0.432 e. The number of aryl methyl sites for hydroxylation is 4. The van der Waals surface area contributed by atoms with Crippen molar-refractivity contribution in [3.05, 3.63) is 47.6 Å². The van der Waals surface area contributed by atoms with E-state index >= 15 is 0 Å². The highest BCUT2D eigenvalue weighted by molar-refractivity contribution is 6.70. The molecule has 40 heteroatoms. The summed E-state index contributed by atoms with van der Waals surface area (Å²) in [7, 11) is -8.40. The summed E-state index contributed by atoms with van der Waals surface area (Å²) in [6, 6.07) is 2.85. The van der Waals surface area contributed by atoms with Gasteiger partial charge in [-0.05, 0) is 102 Å². The second kappa shape index (κ2) is 31.1. The molecule has 0 radical (unpaired) electrons. The molecule has 0 saturated carbocycles. The summed E-state index contributed by atoms with van der Waals surface area (Å²) >= 11 is 0. The van der Waals surface area contributed by atoms with Gasteiger partial charge in [-0.1, -0.05) is 20.9 Å². The summed E-state index contributed by atoms with van der Waals surface area (Å²) in [5.74, 6) is -7.91. The number of rotatable bonds is 24. The van der Waals surface area contributed by atoms with Crippen molar-refractivity contribution in [2.45, 2.75) is 180 Å². The van der Waals surface area contributed by atoms with E-state index in [0.717, 1.165) is 25.7 Å². The van der Waals surface area contributed by atoms with Crippen molar-refractivity contribution in [3.63, 3.8) is 0 Å². The molecule has 0 spiro atoms. The molecule has 36 nitrogen and oxygen atoms in total. The first kappa shape index (κ1) is 70.5. The highest BCUT2D eigenvalue weighted by Crippen LogP contribution is 2.19. The summed E-state index contributed by atoms with van der Waals surface area (Å²) in [6.07, 6.45) is 8.76. The smallest absolute Gasteiger partial charge is 0.385 e. The standard InChI is InChI=1S/4C12H18N4O5Si/c4*1-22(2,20)7-3-6-15-8-9(13-14-15)12(19)21-16-10(17)4-5-11(16)18/h4*8,20H,3-7H2,1-2H3. The first-order valence-corrected chi connectivity index (χ1v) is 40.5. The molecule has 88 heavy (non-hydrogen) atoms. The summed E-state index contributed by atoms with van der Waals surface area (Å²) in [5.41, 5.74) is -0.304. The molecule has 4 saturated heterocycles. The van der Waals surface area contributed by atoms with E-state index in [-0.39, 0.29) is 74.1 Å². The van der Waals surface area contributed by atoms with Crippen molar-refractivity contribution < 1.29 is 96.1 Å². The maximum absolute atomic E-state index is 11.8. The topological polar surface area (TPSA) is 458 Å². The van der Waals surface area contributed by atoms with Gasteiger partial charge in [0.1, 0.15) is 0 Å². The van der Waals surface area contributed by atoms with Crippen LogP contribution in [0.25, 0.3) is 0 Å². The lowest BCUT2D eigenvalue weighted by Gasteiger charge is -2.12. The molecule has 8 rings (SSSR count). The van der Waals surface area contributed by atoms with Crippen LogP contribution in [0.1, 0.15) is 119 Å². The van der Waals surface area contributed by atoms with E-state index in [0.29, 0.717) is 70.6 Å². The zero-order chi connectivity index (χ0) is 65.3. The fraction of sp³-hybridized carbons (Fsp3) is 0.583. The molecule has 0 aliphatic carbocycles. The van der Waals surface area contributed by atoms with Gasteiger partial charge in [0.2, 0.25) is 0 Å². The minimum Gasteiger partial charge on any atom is -0.432 e. The van der Waals surface area contributed by atoms with Gasteiger partial charge >= 0.3 is 23.9 Å². The van der Waals surface area contributed by atoms with Crippen LogP contribution in [0.3, 0.4) is 0 Å². The quantitative estimate of drug-likeness (QED) is 0.0543. The van der Waals surface area contributed by atoms with Crippen molar-refractivity contribution in [1.82, 2.24) is 80.2 Å². The van der Waals surface area contributed by atoms with Crippen LogP contribution < -0.4 is 0 Å². The number of carbonyl (C=O) groups excluding carboxylic acids is 12. The van der Waals surface area contributed by atoms with E-state index in [9.17, 15) is 76.7 Å². The van der Waals surface area contributed by atoms with Crippen LogP contribution in [0.2, 0.25) is 76.6 Å². The van der Waals surface area contributed by atoms with Gasteiger partial charge in [0, 0.05) is 77.5 Å². The van der Waals surface area contributed by atoms with Crippen LogP contribution in [0.4, 0.5) is 0 Å². The Morgan fingerprint density at radius 3 is 0.648 bits per heavy atom. The number of hydroxylamine groups is 8. The molecule has 4 fully saturated rings. The summed E-state index contributed by atoms with van der Waals surface area (Å²) < 4.78 is 5.85. The second-order valence-electron chi connectivity index (χ2n) is 23.0. The van der Waals surface area contributed by atoms with Gasteiger partial charge in [0.15, 0.2) is 56.0 Å². The minimum atomic E-state index is -2.10. The zero-order valence-electron chi connectivity index (χ0n) is 49.9. The SMILES string of the molecule is C[Si](C)(O)CCCn1cc(C(=O)ON2C(=O)CCC2=O)nn1.C[Si](C)(O)CCCn1cc(C(=O)ON2C(=O)CCC2=O)nn1.C[Si](C)(O)CCCn1cc(C(=O)ON2C(=O)CCC2=O)nn1.C[Si](C)(O)CCCn1cc(C(=O)ON2C(=O)CCC2=O)nn1. The van der Waals surface area contributed by atoms with Crippen molar-refractivity contribution in [2.75, 3.05) is 0 Å². The normalized spacial score (nSPS) is 15.5. The fourth-order valence-electron chi connectivity index (χ4n) is 7.85. The Hall–Kier alpha value is -8.29. The molecule has 0 bridgehead atoms. The van der Waals surface area contributed by atoms with E-state index in [1.54, 1.807) is 0 Å². The number of carbonyl (C=O) groups is 12. The number of nitrogens with zero attached hydrogens (tertiary/aromatic N) is 16. The Labute approximate surface area is 506 Å². The van der Waals surface area contributed by atoms with Crippen LogP contribution in [-0.4, -0.2) is 204 Å². The first-order valence-electron chi connectivity index (χ1n) is 27.9. The van der Waals surface area contributed by atoms with E-state index in [2.05, 4.69) is 41.2 Å². The summed E-state index contributed by atoms with van der Waals surface area (Å²) in [4.78, 5) is 196. The Morgan fingerprint density at radius 2 is 0.500 bits per heavy atom. The Bertz CT molecular complexity index is 2730. The average Bonchev–Trinajstić information content (AvgIpc) is 4.41. The van der Waals surface area contributed by atoms with Gasteiger partial charge in [0.25, 0.3) is 47.3 Å². The lowest BCUT2D eigenvalue weighted by Crippen LogP contribution is -2.32. The van der Waals surface area contributed by atoms with Crippen LogP contribution >= 0.6 is 0 Å². The third kappa shape index (κ3) is 23.4. The van der Waals surface area contributed by atoms with Crippen LogP contribution in [0, 0.1) is 0 Å². The number of hydrogen-bond donors (Lipinski definition) is 4. The third-order valence-corrected chi connectivity index (χ3v) is 18.7. The van der Waals surface area contributed by atoms with Gasteiger partial charge in [-0.15, -0.1) is 40.6 Å². The maximum Gasteiger partial charge on any atom is 0.385 e. The van der Waals surface area contributed by atoms with Crippen molar-refractivity contribution in [3.8, 4) is 0 Å². The second-order valence-corrected chi connectivity index (χ2v) is 39.5. The van der Waals surface area contributed by atoms with Crippen molar-refractivity contribution in [1.29, 1.82) is 0 Å². The lowest BCUT2D eigenvalue weighted by molar-refractivity contribution is -0.173. The predicted molar refractivity (Wildman–Crippen MR) is 303 cm³/mol. The monoisotopic (exact) mass is 1300 g/mol. The van der Waals surface area contributed by atoms with Gasteiger partial charge < -0.3 is 38.5 Å². The Morgan fingerprint density at radius 1 is 0.341 bits per heavy atom. The number of imide groups is 4. The molecule has 8 amide bonds. The molecule has 480 valence electrons. The molecule has 4 aromatic rings. The summed E-state index contributed by atoms with van der Waals surface area (Å²) in [5, 5.41) is 31.7. The molecule has 4 N–H and O–H groups in total. The van der Waals surface area contributed by atoms with Crippen molar-refractivity contribution >= 4 is 104 Å². The number of aromatic nitrogens is 12. The molecule has 4 aliphatic heterocycles. The lowest BCUT2D eigenvalue weighted by atomic mass is 10.4. The van der Waals surface area contributed by atoms with E-state index in [1.807, 2.05) is 52.4 Å². The predicted octanol–water partition coefficient (Wildman–Crippen LogP) is 0.346. The van der Waals surface area contributed by atoms with E-state index < -0.39 is 104 Å². The van der Waals surface area contributed by atoms with Crippen LogP contribution in [0.15, 0.2) is 24.8 Å². The maximum atomic E-state index is 11.8. The molecule has 0 unspecified atom stereocenters. The zero-order valence-corrected chi connectivity index (χ0v) is 53.9. The van der Waals surface area contributed by atoms with Gasteiger partial charge in [0.05, 0.1) is 24.8 Å². The number of hydrogen-bond acceptors (Lipinski definition) is 28. The molecule has 4 aromatic heterocycles. The van der Waals surface area contributed by atoms with E-state index in [4.69, 9.17) is 19.4 Å². The van der Waals surface area contributed by atoms with Crippen LogP contribution in [-0.2, 0) is 83.9 Å². The van der Waals surface area contributed by atoms with E-state index in [1.165, 1.54) is 43.5 Å².